The van der Waals surface area contributed by atoms with Gasteiger partial charge < -0.3 is 0 Å². The summed E-state index contributed by atoms with van der Waals surface area (Å²) in [4.78, 5) is 4.25. The van der Waals surface area contributed by atoms with Crippen LogP contribution >= 0.6 is 0 Å². The zero-order valence-corrected chi connectivity index (χ0v) is 7.49. The van der Waals surface area contributed by atoms with Crippen LogP contribution in [0, 0.1) is 13.0 Å². The second-order valence-corrected chi connectivity index (χ2v) is 3.01. The molecule has 1 heterocycles. The highest BCUT2D eigenvalue weighted by Gasteiger charge is 1.95. The molecule has 0 saturated carbocycles. The van der Waals surface area contributed by atoms with Crippen molar-refractivity contribution in [3.63, 3.8) is 0 Å². The lowest BCUT2D eigenvalue weighted by Gasteiger charge is -1.99. The van der Waals surface area contributed by atoms with Crippen molar-refractivity contribution in [2.75, 3.05) is 0 Å². The summed E-state index contributed by atoms with van der Waals surface area (Å²) >= 11 is 0. The number of benzene rings is 1. The zero-order valence-electron chi connectivity index (χ0n) is 7.49. The van der Waals surface area contributed by atoms with Crippen LogP contribution in [0.3, 0.4) is 0 Å². The first-order chi connectivity index (χ1) is 6.36. The normalized spacial score (nSPS) is 9.92. The number of hydrogen-bond donors (Lipinski definition) is 0. The van der Waals surface area contributed by atoms with E-state index in [-0.39, 0.29) is 0 Å². The molecule has 0 spiro atoms. The minimum absolute atomic E-state index is 0.975. The molecule has 0 bridgehead atoms. The molecule has 0 unspecified atom stereocenters. The summed E-state index contributed by atoms with van der Waals surface area (Å²) in [5, 5.41) is 0. The van der Waals surface area contributed by atoms with Gasteiger partial charge in [-0.25, -0.2) is 0 Å². The third-order valence-corrected chi connectivity index (χ3v) is 1.95. The molecule has 0 aliphatic heterocycles. The predicted octanol–water partition coefficient (Wildman–Crippen LogP) is 2.86. The maximum absolute atomic E-state index is 4.25. The number of nitrogens with zero attached hydrogens (tertiary/aromatic N) is 1. The van der Waals surface area contributed by atoms with E-state index in [1.165, 1.54) is 5.56 Å². The summed E-state index contributed by atoms with van der Waals surface area (Å²) in [6.07, 6.45) is 1.76. The highest BCUT2D eigenvalue weighted by atomic mass is 14.7. The van der Waals surface area contributed by atoms with Crippen LogP contribution in [-0.2, 0) is 0 Å². The van der Waals surface area contributed by atoms with Gasteiger partial charge in [-0.3, -0.25) is 4.98 Å². The van der Waals surface area contributed by atoms with Gasteiger partial charge in [-0.15, -0.1) is 0 Å². The van der Waals surface area contributed by atoms with E-state index in [4.69, 9.17) is 0 Å². The van der Waals surface area contributed by atoms with Crippen molar-refractivity contribution in [2.24, 2.45) is 0 Å². The van der Waals surface area contributed by atoms with Gasteiger partial charge in [0, 0.05) is 11.8 Å². The van der Waals surface area contributed by atoms with E-state index in [2.05, 4.69) is 42.2 Å². The zero-order chi connectivity index (χ0) is 9.10. The molecule has 0 aliphatic carbocycles. The Kier molecular flexibility index (Phi) is 2.09. The van der Waals surface area contributed by atoms with Crippen LogP contribution in [0.2, 0.25) is 0 Å². The lowest BCUT2D eigenvalue weighted by Crippen LogP contribution is -1.81. The summed E-state index contributed by atoms with van der Waals surface area (Å²) in [6.45, 7) is 2.08. The highest BCUT2D eigenvalue weighted by molar-refractivity contribution is 5.58. The molecule has 1 radical (unpaired) electrons. The molecule has 0 amide bonds. The van der Waals surface area contributed by atoms with E-state index in [0.29, 0.717) is 0 Å². The van der Waals surface area contributed by atoms with Crippen molar-refractivity contribution in [2.45, 2.75) is 6.92 Å². The van der Waals surface area contributed by atoms with Gasteiger partial charge in [0.1, 0.15) is 0 Å². The first-order valence-electron chi connectivity index (χ1n) is 4.25. The molecular formula is C12H10N. The van der Waals surface area contributed by atoms with E-state index in [9.17, 15) is 0 Å². The van der Waals surface area contributed by atoms with Crippen LogP contribution in [-0.4, -0.2) is 4.98 Å². The average Bonchev–Trinajstić information content (AvgIpc) is 2.20. The number of pyridine rings is 1. The van der Waals surface area contributed by atoms with Crippen molar-refractivity contribution in [3.05, 3.63) is 54.2 Å². The molecular weight excluding hydrogens is 158 g/mol. The lowest BCUT2D eigenvalue weighted by molar-refractivity contribution is 1.32. The van der Waals surface area contributed by atoms with Crippen LogP contribution < -0.4 is 0 Å². The molecule has 1 heteroatoms. The Hall–Kier alpha value is -1.63. The van der Waals surface area contributed by atoms with Gasteiger partial charge in [-0.05, 0) is 25.1 Å². The van der Waals surface area contributed by atoms with Crippen molar-refractivity contribution < 1.29 is 0 Å². The molecule has 0 atom stereocenters. The molecule has 0 aliphatic rings. The summed E-state index contributed by atoms with van der Waals surface area (Å²) in [6, 6.07) is 15.0. The predicted molar refractivity (Wildman–Crippen MR) is 53.2 cm³/mol. The molecule has 2 aromatic rings. The molecule has 1 aromatic carbocycles. The molecule has 1 aromatic heterocycles. The molecule has 0 saturated heterocycles. The van der Waals surface area contributed by atoms with Crippen molar-refractivity contribution in [1.82, 2.24) is 4.98 Å². The van der Waals surface area contributed by atoms with Crippen LogP contribution in [0.4, 0.5) is 0 Å². The van der Waals surface area contributed by atoms with Gasteiger partial charge in [-0.2, -0.15) is 0 Å². The van der Waals surface area contributed by atoms with E-state index >= 15 is 0 Å². The van der Waals surface area contributed by atoms with E-state index in [1.54, 1.807) is 12.3 Å². The standard InChI is InChI=1S/C12H10N/c1-10-5-7-11(8-6-10)12-4-2-3-9-13-12/h3-9H,1H3. The third kappa shape index (κ3) is 1.75. The maximum Gasteiger partial charge on any atom is 0.0708 e. The van der Waals surface area contributed by atoms with Crippen LogP contribution in [0.25, 0.3) is 11.3 Å². The van der Waals surface area contributed by atoms with Crippen LogP contribution in [0.1, 0.15) is 5.56 Å². The number of aryl methyl sites for hydroxylation is 1. The van der Waals surface area contributed by atoms with Crippen LogP contribution in [0.15, 0.2) is 42.6 Å². The minimum Gasteiger partial charge on any atom is -0.256 e. The largest absolute Gasteiger partial charge is 0.256 e. The van der Waals surface area contributed by atoms with E-state index in [1.807, 2.05) is 6.07 Å². The first-order valence-corrected chi connectivity index (χ1v) is 4.25. The van der Waals surface area contributed by atoms with Gasteiger partial charge in [-0.1, -0.05) is 29.8 Å². The van der Waals surface area contributed by atoms with E-state index < -0.39 is 0 Å². The topological polar surface area (TPSA) is 12.9 Å². The average molecular weight is 168 g/mol. The van der Waals surface area contributed by atoms with Gasteiger partial charge in [0.15, 0.2) is 0 Å². The fourth-order valence-electron chi connectivity index (χ4n) is 1.21. The quantitative estimate of drug-likeness (QED) is 0.638. The molecule has 0 fully saturated rings. The summed E-state index contributed by atoms with van der Waals surface area (Å²) in [5.74, 6) is 0. The second-order valence-electron chi connectivity index (χ2n) is 3.01. The lowest BCUT2D eigenvalue weighted by atomic mass is 10.1. The van der Waals surface area contributed by atoms with Gasteiger partial charge in [0.25, 0.3) is 0 Å². The molecule has 1 nitrogen and oxygen atoms in total. The van der Waals surface area contributed by atoms with Gasteiger partial charge in [0.05, 0.1) is 5.69 Å². The Morgan fingerprint density at radius 1 is 1.15 bits per heavy atom. The smallest absolute Gasteiger partial charge is 0.0708 e. The Labute approximate surface area is 78.1 Å². The maximum atomic E-state index is 4.25. The summed E-state index contributed by atoms with van der Waals surface area (Å²) in [7, 11) is 0. The Morgan fingerprint density at radius 2 is 1.92 bits per heavy atom. The van der Waals surface area contributed by atoms with Gasteiger partial charge in [0.2, 0.25) is 0 Å². The second kappa shape index (κ2) is 3.40. The summed E-state index contributed by atoms with van der Waals surface area (Å²) in [5.41, 5.74) is 3.38. The monoisotopic (exact) mass is 168 g/mol. The summed E-state index contributed by atoms with van der Waals surface area (Å²) < 4.78 is 0. The number of rotatable bonds is 1. The fraction of sp³-hybridized carbons (Fsp3) is 0.0833. The van der Waals surface area contributed by atoms with Crippen LogP contribution in [0.5, 0.6) is 0 Å². The van der Waals surface area contributed by atoms with Crippen molar-refractivity contribution in [1.29, 1.82) is 0 Å². The first kappa shape index (κ1) is 7.99. The molecule has 0 N–H and O–H groups in total. The number of aromatic nitrogens is 1. The Balaban J connectivity index is 2.42. The van der Waals surface area contributed by atoms with Crippen molar-refractivity contribution >= 4 is 0 Å². The highest BCUT2D eigenvalue weighted by Crippen LogP contribution is 2.15. The minimum atomic E-state index is 0.975. The Bertz CT molecular complexity index is 376. The Morgan fingerprint density at radius 3 is 2.54 bits per heavy atom. The fourth-order valence-corrected chi connectivity index (χ4v) is 1.21. The molecule has 13 heavy (non-hydrogen) atoms. The third-order valence-electron chi connectivity index (χ3n) is 1.95. The SMILES string of the molecule is Cc1ccc(-c2c[c]ccn2)cc1. The van der Waals surface area contributed by atoms with E-state index in [0.717, 1.165) is 11.3 Å². The molecule has 63 valence electrons. The molecule has 2 rings (SSSR count). The van der Waals surface area contributed by atoms with Gasteiger partial charge >= 0.3 is 0 Å². The van der Waals surface area contributed by atoms with Crippen molar-refractivity contribution in [3.8, 4) is 11.3 Å². The number of hydrogen-bond acceptors (Lipinski definition) is 1.